The number of ether oxygens (including phenoxy) is 2. The van der Waals surface area contributed by atoms with Gasteiger partial charge in [-0.15, -0.1) is 0 Å². The molecule has 5 heterocycles. The third-order valence-electron chi connectivity index (χ3n) is 14.9. The van der Waals surface area contributed by atoms with E-state index in [1.165, 1.54) is 57.6 Å². The molecular weight excluding hydrogens is 813 g/mol. The van der Waals surface area contributed by atoms with Gasteiger partial charge in [-0.1, -0.05) is 99.0 Å². The van der Waals surface area contributed by atoms with Crippen molar-refractivity contribution in [3.63, 3.8) is 0 Å². The summed E-state index contributed by atoms with van der Waals surface area (Å²) in [4.78, 5) is 72.1. The molecule has 0 fully saturated rings. The van der Waals surface area contributed by atoms with Crippen LogP contribution in [0.15, 0.2) is 29.8 Å². The number of fused-ring (bicyclic) bond motifs is 8. The van der Waals surface area contributed by atoms with Crippen molar-refractivity contribution < 1.29 is 28.7 Å². The number of methoxy groups -OCH3 is 1. The van der Waals surface area contributed by atoms with Gasteiger partial charge in [-0.25, -0.2) is 0 Å². The average Bonchev–Trinajstić information content (AvgIpc) is 4.00. The molecule has 352 valence electrons. The zero-order chi connectivity index (χ0) is 47.3. The second kappa shape index (κ2) is 21.6. The highest BCUT2D eigenvalue weighted by molar-refractivity contribution is 6.23. The molecule has 0 saturated carbocycles. The highest BCUT2D eigenvalue weighted by Crippen LogP contribution is 2.48. The Hall–Kier alpha value is -4.86. The summed E-state index contributed by atoms with van der Waals surface area (Å²) in [7, 11) is 1.30. The van der Waals surface area contributed by atoms with E-state index < -0.39 is 11.9 Å². The van der Waals surface area contributed by atoms with Crippen molar-refractivity contribution >= 4 is 45.6 Å². The lowest BCUT2D eigenvalue weighted by Gasteiger charge is -2.18. The summed E-state index contributed by atoms with van der Waals surface area (Å²) in [6, 6.07) is 5.99. The lowest BCUT2D eigenvalue weighted by molar-refractivity contribution is -0.143. The van der Waals surface area contributed by atoms with Crippen molar-refractivity contribution in [2.75, 3.05) is 13.7 Å². The van der Waals surface area contributed by atoms with Crippen LogP contribution in [0.4, 0.5) is 0 Å². The number of esters is 2. The highest BCUT2D eigenvalue weighted by atomic mass is 16.5. The first-order chi connectivity index (χ1) is 30.9. The minimum atomic E-state index is -1.21. The molecule has 0 radical (unpaired) electrons. The van der Waals surface area contributed by atoms with Gasteiger partial charge >= 0.3 is 11.9 Å². The summed E-state index contributed by atoms with van der Waals surface area (Å²) < 4.78 is 11.1. The van der Waals surface area contributed by atoms with Crippen LogP contribution < -0.4 is 0 Å². The quantitative estimate of drug-likeness (QED) is 0.0494. The number of hydrogen-bond donors (Lipinski definition) is 2. The van der Waals surface area contributed by atoms with Crippen LogP contribution in [-0.4, -0.2) is 57.2 Å². The third kappa shape index (κ3) is 11.1. The summed E-state index contributed by atoms with van der Waals surface area (Å²) in [5.74, 6) is -0.573. The summed E-state index contributed by atoms with van der Waals surface area (Å²) in [5.41, 5.74) is 10.1. The van der Waals surface area contributed by atoms with E-state index in [0.29, 0.717) is 45.8 Å². The fourth-order valence-electron chi connectivity index (χ4n) is 10.8. The summed E-state index contributed by atoms with van der Waals surface area (Å²) in [5, 5.41) is 0. The minimum absolute atomic E-state index is 0.0532. The van der Waals surface area contributed by atoms with E-state index in [0.717, 1.165) is 70.3 Å². The SMILES string of the molecule is CC[C@H]1c2cc3[nH]c4c(c3C)C(=O)[C@H](C(=O)OC)c4c3nc(cc4[nH]c(cc(n2)[C@@H]1C)c(C(C)=O)c4C)[C@@H](C)[C@@H]3CCC(=O)OC/C=C(\C)CCCC(C)CCCC(C)CCCC(C)C. The molecule has 8 bridgehead atoms. The Morgan fingerprint density at radius 1 is 0.769 bits per heavy atom. The zero-order valence-electron chi connectivity index (χ0n) is 41.5. The van der Waals surface area contributed by atoms with Crippen LogP contribution in [0.2, 0.25) is 0 Å². The number of H-pyrrole nitrogens is 2. The molecule has 2 aliphatic heterocycles. The fourth-order valence-corrected chi connectivity index (χ4v) is 10.8. The van der Waals surface area contributed by atoms with E-state index in [4.69, 9.17) is 19.4 Å². The van der Waals surface area contributed by atoms with Crippen molar-refractivity contribution in [3.05, 3.63) is 80.4 Å². The first-order valence-electron chi connectivity index (χ1n) is 24.7. The topological polar surface area (TPSA) is 144 Å². The zero-order valence-corrected chi connectivity index (χ0v) is 41.5. The number of carbonyl (C=O) groups is 4. The maximum Gasteiger partial charge on any atom is 0.321 e. The molecule has 2 unspecified atom stereocenters. The van der Waals surface area contributed by atoms with E-state index in [-0.39, 0.29) is 54.2 Å². The first-order valence-corrected chi connectivity index (χ1v) is 24.7. The van der Waals surface area contributed by atoms with Gasteiger partial charge in [0, 0.05) is 74.9 Å². The van der Waals surface area contributed by atoms with Gasteiger partial charge in [-0.2, -0.15) is 0 Å². The molecule has 0 aromatic carbocycles. The van der Waals surface area contributed by atoms with Crippen molar-refractivity contribution in [1.29, 1.82) is 0 Å². The molecule has 3 aromatic rings. The van der Waals surface area contributed by atoms with Gasteiger partial charge in [0.05, 0.1) is 23.8 Å². The van der Waals surface area contributed by atoms with Crippen molar-refractivity contribution in [2.45, 2.75) is 183 Å². The predicted molar refractivity (Wildman–Crippen MR) is 261 cm³/mol. The Kier molecular flexibility index (Phi) is 16.5. The molecule has 1 aliphatic carbocycles. The standard InChI is InChI=1S/C55H76N4O6/c1-13-39-34(7)41-29-46-48(38(11)60)36(9)43(57-46)27-42-35(8)40(52(58-42)50-51(55(63)64-12)54(62)49-37(10)44(59-53(49)50)28-45(39)56-41)23-24-47(61)65-26-25-33(6)22-16-21-32(5)20-15-19-31(4)18-14-17-30(2)3/h25,27-32,34-35,39-40,51,57,59H,13-24,26H2,1-12H3/b33-25+,41-29?,42-27?,43-27?,44-28?,45-28?,46-29?,52-50?/t31?,32?,34-,35+,39-,40+,51-/m1/s1. The van der Waals surface area contributed by atoms with E-state index in [1.807, 2.05) is 38.1 Å². The number of aromatic nitrogens is 4. The van der Waals surface area contributed by atoms with Crippen molar-refractivity contribution in [2.24, 2.45) is 17.8 Å². The third-order valence-corrected chi connectivity index (χ3v) is 14.9. The fraction of sp³-hybridized carbons (Fsp3) is 0.600. The van der Waals surface area contributed by atoms with Crippen LogP contribution in [0, 0.1) is 31.6 Å². The average molecular weight is 889 g/mol. The van der Waals surface area contributed by atoms with E-state index >= 15 is 0 Å². The van der Waals surface area contributed by atoms with Crippen LogP contribution in [0.1, 0.15) is 229 Å². The molecule has 10 nitrogen and oxygen atoms in total. The number of hydrogen-bond acceptors (Lipinski definition) is 8. The van der Waals surface area contributed by atoms with Gasteiger partial charge in [-0.3, -0.25) is 29.1 Å². The second-order valence-electron chi connectivity index (χ2n) is 20.3. The Morgan fingerprint density at radius 3 is 2.02 bits per heavy atom. The molecule has 7 atom stereocenters. The normalized spacial score (nSPS) is 20.4. The number of nitrogens with zero attached hydrogens (tertiary/aromatic N) is 2. The molecule has 0 saturated heterocycles. The molecule has 65 heavy (non-hydrogen) atoms. The molecule has 0 spiro atoms. The van der Waals surface area contributed by atoms with Gasteiger partial charge in [0.1, 0.15) is 12.5 Å². The largest absolute Gasteiger partial charge is 0.468 e. The predicted octanol–water partition coefficient (Wildman–Crippen LogP) is 13.5. The van der Waals surface area contributed by atoms with Crippen LogP contribution in [0.25, 0.3) is 22.1 Å². The number of nitrogens with one attached hydrogen (secondary N) is 2. The van der Waals surface area contributed by atoms with Gasteiger partial charge in [-0.05, 0) is 107 Å². The van der Waals surface area contributed by atoms with Crippen molar-refractivity contribution in [3.8, 4) is 0 Å². The maximum absolute atomic E-state index is 14.4. The summed E-state index contributed by atoms with van der Waals surface area (Å²) >= 11 is 0. The number of rotatable bonds is 20. The number of aromatic amines is 2. The number of allylic oxidation sites excluding steroid dienone is 1. The van der Waals surface area contributed by atoms with Gasteiger partial charge in [0.15, 0.2) is 11.6 Å². The van der Waals surface area contributed by atoms with Crippen LogP contribution in [0.5, 0.6) is 0 Å². The second-order valence-corrected chi connectivity index (χ2v) is 20.3. The Balaban J connectivity index is 1.25. The number of carbonyl (C=O) groups excluding carboxylic acids is 4. The minimum Gasteiger partial charge on any atom is -0.468 e. The monoisotopic (exact) mass is 889 g/mol. The molecule has 10 heteroatoms. The number of Topliss-reactive ketones (excluding diaryl/α,β-unsaturated/α-hetero) is 2. The van der Waals surface area contributed by atoms with Crippen molar-refractivity contribution in [1.82, 2.24) is 19.9 Å². The first kappa shape index (κ1) is 49.6. The van der Waals surface area contributed by atoms with Crippen LogP contribution in [0.3, 0.4) is 0 Å². The highest BCUT2D eigenvalue weighted by Gasteiger charge is 2.45. The van der Waals surface area contributed by atoms with Crippen LogP contribution in [-0.2, 0) is 19.1 Å². The van der Waals surface area contributed by atoms with E-state index in [9.17, 15) is 19.2 Å². The smallest absolute Gasteiger partial charge is 0.321 e. The summed E-state index contributed by atoms with van der Waals surface area (Å²) in [6.45, 7) is 23.5. The maximum atomic E-state index is 14.4. The molecule has 0 amide bonds. The molecule has 6 rings (SSSR count). The van der Waals surface area contributed by atoms with E-state index in [2.05, 4.69) is 65.4 Å². The lowest BCUT2D eigenvalue weighted by Crippen LogP contribution is -2.21. The van der Waals surface area contributed by atoms with E-state index in [1.54, 1.807) is 6.92 Å². The molecule has 3 aliphatic rings. The molecule has 3 aromatic heterocycles. The lowest BCUT2D eigenvalue weighted by atomic mass is 9.84. The Labute approximate surface area is 387 Å². The number of aryl methyl sites for hydroxylation is 2. The number of ketones is 2. The van der Waals surface area contributed by atoms with Gasteiger partial charge in [0.25, 0.3) is 0 Å². The summed E-state index contributed by atoms with van der Waals surface area (Å²) in [6.07, 6.45) is 14.6. The van der Waals surface area contributed by atoms with Gasteiger partial charge < -0.3 is 19.4 Å². The Bertz CT molecular complexity index is 2450. The molecule has 2 N–H and O–H groups in total. The Morgan fingerprint density at radius 2 is 1.37 bits per heavy atom. The molecular formula is C55H76N4O6. The van der Waals surface area contributed by atoms with Crippen LogP contribution >= 0.6 is 0 Å². The van der Waals surface area contributed by atoms with Gasteiger partial charge in [0.2, 0.25) is 0 Å².